The number of hydrogen-bond acceptors (Lipinski definition) is 7. The predicted molar refractivity (Wildman–Crippen MR) is 65.9 cm³/mol. The van der Waals surface area contributed by atoms with Crippen molar-refractivity contribution in [2.75, 3.05) is 30.8 Å². The van der Waals surface area contributed by atoms with E-state index in [-0.39, 0.29) is 6.04 Å². The van der Waals surface area contributed by atoms with Crippen LogP contribution in [0.1, 0.15) is 12.0 Å². The van der Waals surface area contributed by atoms with Gasteiger partial charge >= 0.3 is 0 Å². The number of rotatable bonds is 3. The molecular formula is C10H16N6O. The summed E-state index contributed by atoms with van der Waals surface area (Å²) in [6, 6.07) is 0.179. The van der Waals surface area contributed by atoms with Crippen LogP contribution in [0, 0.1) is 0 Å². The minimum absolute atomic E-state index is 0.179. The van der Waals surface area contributed by atoms with Crippen molar-refractivity contribution in [2.24, 2.45) is 10.9 Å². The Balaban J connectivity index is 2.32. The van der Waals surface area contributed by atoms with E-state index in [1.54, 1.807) is 0 Å². The highest BCUT2D eigenvalue weighted by atomic mass is 16.6. The van der Waals surface area contributed by atoms with Crippen LogP contribution in [-0.2, 0) is 4.84 Å². The van der Waals surface area contributed by atoms with Crippen LogP contribution in [0.3, 0.4) is 0 Å². The van der Waals surface area contributed by atoms with Gasteiger partial charge in [0.2, 0.25) is 0 Å². The van der Waals surface area contributed by atoms with E-state index in [0.717, 1.165) is 25.3 Å². The molecule has 0 aromatic carbocycles. The van der Waals surface area contributed by atoms with Gasteiger partial charge in [0.05, 0.1) is 11.8 Å². The summed E-state index contributed by atoms with van der Waals surface area (Å²) in [5, 5.41) is 3.71. The van der Waals surface area contributed by atoms with Crippen molar-refractivity contribution in [1.29, 1.82) is 0 Å². The first-order valence-corrected chi connectivity index (χ1v) is 5.40. The first kappa shape index (κ1) is 11.6. The van der Waals surface area contributed by atoms with Crippen molar-refractivity contribution in [3.63, 3.8) is 0 Å². The molecule has 0 aliphatic carbocycles. The third-order valence-corrected chi connectivity index (χ3v) is 2.71. The molecule has 0 amide bonds. The normalized spacial score (nSPS) is 20.1. The molecule has 1 aliphatic heterocycles. The monoisotopic (exact) mass is 236 g/mol. The molecule has 1 saturated heterocycles. The molecule has 1 aromatic heterocycles. The van der Waals surface area contributed by atoms with Gasteiger partial charge in [-0.1, -0.05) is 5.16 Å². The highest BCUT2D eigenvalue weighted by molar-refractivity contribution is 5.91. The van der Waals surface area contributed by atoms with E-state index < -0.39 is 0 Å². The van der Waals surface area contributed by atoms with Gasteiger partial charge in [0, 0.05) is 19.1 Å². The van der Waals surface area contributed by atoms with Gasteiger partial charge in [0.1, 0.15) is 25.1 Å². The van der Waals surface area contributed by atoms with E-state index in [2.05, 4.69) is 24.9 Å². The van der Waals surface area contributed by atoms with Gasteiger partial charge in [-0.05, 0) is 6.42 Å². The summed E-state index contributed by atoms with van der Waals surface area (Å²) in [5.74, 6) is 1.14. The molecule has 7 heteroatoms. The Morgan fingerprint density at radius 3 is 3.06 bits per heavy atom. The zero-order valence-corrected chi connectivity index (χ0v) is 9.71. The summed E-state index contributed by atoms with van der Waals surface area (Å²) in [5.41, 5.74) is 12.4. The fourth-order valence-corrected chi connectivity index (χ4v) is 1.86. The smallest absolute Gasteiger partial charge is 0.143 e. The van der Waals surface area contributed by atoms with Crippen LogP contribution < -0.4 is 16.4 Å². The Morgan fingerprint density at radius 2 is 2.41 bits per heavy atom. The van der Waals surface area contributed by atoms with E-state index in [1.165, 1.54) is 19.7 Å². The predicted octanol–water partition coefficient (Wildman–Crippen LogP) is -0.423. The summed E-state index contributed by atoms with van der Waals surface area (Å²) in [7, 11) is 1.47. The highest BCUT2D eigenvalue weighted by Gasteiger charge is 2.23. The molecule has 1 fully saturated rings. The van der Waals surface area contributed by atoms with Gasteiger partial charge < -0.3 is 21.2 Å². The Morgan fingerprint density at radius 1 is 1.59 bits per heavy atom. The van der Waals surface area contributed by atoms with Crippen LogP contribution >= 0.6 is 0 Å². The molecular weight excluding hydrogens is 220 g/mol. The number of aromatic nitrogens is 2. The molecule has 0 radical (unpaired) electrons. The van der Waals surface area contributed by atoms with Crippen LogP contribution in [0.2, 0.25) is 0 Å². The third kappa shape index (κ3) is 2.44. The molecule has 4 N–H and O–H groups in total. The number of hydrogen-bond donors (Lipinski definition) is 2. The average molecular weight is 236 g/mol. The summed E-state index contributed by atoms with van der Waals surface area (Å²) in [4.78, 5) is 14.9. The highest BCUT2D eigenvalue weighted by Crippen LogP contribution is 2.23. The summed E-state index contributed by atoms with van der Waals surface area (Å²) < 4.78 is 0. The molecule has 17 heavy (non-hydrogen) atoms. The maximum atomic E-state index is 5.88. The molecule has 92 valence electrons. The van der Waals surface area contributed by atoms with E-state index in [1.807, 2.05) is 0 Å². The minimum atomic E-state index is 0.179. The molecule has 0 saturated carbocycles. The fraction of sp³-hybridized carbons (Fsp3) is 0.500. The van der Waals surface area contributed by atoms with Gasteiger partial charge in [-0.25, -0.2) is 9.97 Å². The van der Waals surface area contributed by atoms with Crippen LogP contribution in [-0.4, -0.2) is 42.4 Å². The van der Waals surface area contributed by atoms with E-state index in [0.29, 0.717) is 11.4 Å². The zero-order valence-electron chi connectivity index (χ0n) is 9.71. The molecule has 1 atom stereocenters. The second-order valence-electron chi connectivity index (χ2n) is 3.91. The van der Waals surface area contributed by atoms with Gasteiger partial charge in [-0.3, -0.25) is 0 Å². The van der Waals surface area contributed by atoms with Crippen molar-refractivity contribution in [1.82, 2.24) is 9.97 Å². The lowest BCUT2D eigenvalue weighted by Crippen LogP contribution is -2.28. The van der Waals surface area contributed by atoms with Crippen LogP contribution in [0.5, 0.6) is 0 Å². The summed E-state index contributed by atoms with van der Waals surface area (Å²) in [6.45, 7) is 1.63. The second kappa shape index (κ2) is 4.96. The van der Waals surface area contributed by atoms with Gasteiger partial charge in [0.25, 0.3) is 0 Å². The zero-order chi connectivity index (χ0) is 12.3. The largest absolute Gasteiger partial charge is 0.399 e. The number of nitrogen functional groups attached to an aromatic ring is 1. The van der Waals surface area contributed by atoms with Gasteiger partial charge in [-0.15, -0.1) is 0 Å². The average Bonchev–Trinajstić information content (AvgIpc) is 2.74. The quantitative estimate of drug-likeness (QED) is 0.545. The Bertz CT molecular complexity index is 421. The van der Waals surface area contributed by atoms with Crippen molar-refractivity contribution in [3.8, 4) is 0 Å². The molecule has 1 unspecified atom stereocenters. The number of anilines is 2. The maximum Gasteiger partial charge on any atom is 0.143 e. The summed E-state index contributed by atoms with van der Waals surface area (Å²) in [6.07, 6.45) is 3.91. The van der Waals surface area contributed by atoms with Crippen molar-refractivity contribution >= 4 is 17.9 Å². The molecule has 7 nitrogen and oxygen atoms in total. The molecule has 1 aliphatic rings. The first-order chi connectivity index (χ1) is 8.22. The van der Waals surface area contributed by atoms with Crippen LogP contribution in [0.15, 0.2) is 11.5 Å². The lowest BCUT2D eigenvalue weighted by molar-refractivity contribution is 0.215. The van der Waals surface area contributed by atoms with Gasteiger partial charge in [0.15, 0.2) is 0 Å². The maximum absolute atomic E-state index is 5.88. The molecule has 1 aromatic rings. The molecule has 0 bridgehead atoms. The van der Waals surface area contributed by atoms with Crippen LogP contribution in [0.4, 0.5) is 11.6 Å². The number of nitrogens with zero attached hydrogens (tertiary/aromatic N) is 4. The summed E-state index contributed by atoms with van der Waals surface area (Å²) >= 11 is 0. The van der Waals surface area contributed by atoms with Crippen LogP contribution in [0.25, 0.3) is 0 Å². The molecule has 2 heterocycles. The lowest BCUT2D eigenvalue weighted by Gasteiger charge is -2.18. The first-order valence-electron chi connectivity index (χ1n) is 5.40. The molecule has 0 spiro atoms. The number of oxime groups is 1. The fourth-order valence-electron chi connectivity index (χ4n) is 1.86. The SMILES string of the molecule is CO/N=C/c1c(N)ncnc1N1CCC(N)C1. The Labute approximate surface area is 99.5 Å². The Kier molecular flexibility index (Phi) is 3.38. The number of nitrogens with two attached hydrogens (primary N) is 2. The Hall–Kier alpha value is -1.89. The van der Waals surface area contributed by atoms with E-state index in [9.17, 15) is 0 Å². The minimum Gasteiger partial charge on any atom is -0.399 e. The van der Waals surface area contributed by atoms with E-state index >= 15 is 0 Å². The van der Waals surface area contributed by atoms with Gasteiger partial charge in [-0.2, -0.15) is 0 Å². The second-order valence-corrected chi connectivity index (χ2v) is 3.91. The van der Waals surface area contributed by atoms with E-state index in [4.69, 9.17) is 11.5 Å². The topological polar surface area (TPSA) is 103 Å². The molecule has 2 rings (SSSR count). The lowest BCUT2D eigenvalue weighted by atomic mass is 10.3. The van der Waals surface area contributed by atoms with Crippen molar-refractivity contribution in [2.45, 2.75) is 12.5 Å². The third-order valence-electron chi connectivity index (χ3n) is 2.71. The van der Waals surface area contributed by atoms with Crippen molar-refractivity contribution < 1.29 is 4.84 Å². The van der Waals surface area contributed by atoms with Crippen molar-refractivity contribution in [3.05, 3.63) is 11.9 Å². The standard InChI is InChI=1S/C10H16N6O/c1-17-15-4-8-9(12)13-6-14-10(8)16-3-2-7(11)5-16/h4,6-7H,2-3,5,11H2,1H3,(H2,12,13,14)/b15-4+.